The average molecular weight is 381 g/mol. The van der Waals surface area contributed by atoms with Crippen LogP contribution in [-0.4, -0.2) is 42.5 Å². The highest BCUT2D eigenvalue weighted by molar-refractivity contribution is 5.94. The molecule has 28 heavy (non-hydrogen) atoms. The molecule has 8 nitrogen and oxygen atoms in total. The van der Waals surface area contributed by atoms with Crippen LogP contribution in [0.3, 0.4) is 0 Å². The number of carbonyl (C=O) groups excluding carboxylic acids is 1. The highest BCUT2D eigenvalue weighted by atomic mass is 16.4. The number of pyridine rings is 1. The first-order chi connectivity index (χ1) is 13.4. The monoisotopic (exact) mass is 381 g/mol. The Morgan fingerprint density at radius 3 is 2.64 bits per heavy atom. The lowest BCUT2D eigenvalue weighted by molar-refractivity contribution is -0.138. The predicted octanol–water partition coefficient (Wildman–Crippen LogP) is 2.89. The van der Waals surface area contributed by atoms with Gasteiger partial charge < -0.3 is 10.4 Å². The molecule has 2 heterocycles. The number of nitrogens with one attached hydrogen (secondary N) is 1. The molecular weight excluding hydrogens is 358 g/mol. The molecule has 0 radical (unpaired) electrons. The van der Waals surface area contributed by atoms with Gasteiger partial charge in [0, 0.05) is 11.6 Å². The van der Waals surface area contributed by atoms with Crippen molar-refractivity contribution >= 4 is 22.8 Å². The summed E-state index contributed by atoms with van der Waals surface area (Å²) in [4.78, 5) is 28.3. The molecule has 1 amide bonds. The van der Waals surface area contributed by atoms with Gasteiger partial charge in [-0.2, -0.15) is 0 Å². The Morgan fingerprint density at radius 1 is 1.21 bits per heavy atom. The van der Waals surface area contributed by atoms with Crippen LogP contribution >= 0.6 is 0 Å². The minimum Gasteiger partial charge on any atom is -0.481 e. The van der Waals surface area contributed by atoms with E-state index in [1.807, 2.05) is 44.2 Å². The maximum Gasteiger partial charge on any atom is 0.305 e. The Morgan fingerprint density at radius 2 is 1.96 bits per heavy atom. The Bertz CT molecular complexity index is 1020. The molecular formula is C20H23N5O3. The summed E-state index contributed by atoms with van der Waals surface area (Å²) >= 11 is 0. The zero-order chi connectivity index (χ0) is 20.3. The first kappa shape index (κ1) is 19.5. The number of carboxylic acids is 1. The van der Waals surface area contributed by atoms with Crippen molar-refractivity contribution in [1.82, 2.24) is 25.3 Å². The van der Waals surface area contributed by atoms with E-state index >= 15 is 0 Å². The number of nitrogens with zero attached hydrogens (tertiary/aromatic N) is 4. The highest BCUT2D eigenvalue weighted by Crippen LogP contribution is 2.22. The van der Waals surface area contributed by atoms with Crippen molar-refractivity contribution in [2.75, 3.05) is 0 Å². The summed E-state index contributed by atoms with van der Waals surface area (Å²) in [5.41, 5.74) is 1.59. The molecule has 0 saturated carbocycles. The molecule has 0 fully saturated rings. The summed E-state index contributed by atoms with van der Waals surface area (Å²) in [6.07, 6.45) is 2.60. The summed E-state index contributed by atoms with van der Waals surface area (Å²) in [7, 11) is 0. The smallest absolute Gasteiger partial charge is 0.305 e. The first-order valence-electron chi connectivity index (χ1n) is 9.21. The van der Waals surface area contributed by atoms with Crippen LogP contribution in [0.2, 0.25) is 0 Å². The number of hydrogen-bond donors (Lipinski definition) is 2. The van der Waals surface area contributed by atoms with Crippen molar-refractivity contribution in [3.63, 3.8) is 0 Å². The number of amides is 1. The fraction of sp³-hybridized carbons (Fsp3) is 0.350. The zero-order valence-corrected chi connectivity index (χ0v) is 16.1. The second-order valence-corrected chi connectivity index (χ2v) is 6.83. The Kier molecular flexibility index (Phi) is 5.39. The molecule has 1 aromatic carbocycles. The summed E-state index contributed by atoms with van der Waals surface area (Å²) in [6, 6.07) is 9.49. The van der Waals surface area contributed by atoms with Crippen molar-refractivity contribution in [2.45, 2.75) is 45.6 Å². The number of aliphatic carboxylic acids is 1. The summed E-state index contributed by atoms with van der Waals surface area (Å²) in [5.74, 6) is -1.37. The van der Waals surface area contributed by atoms with Crippen molar-refractivity contribution in [2.24, 2.45) is 0 Å². The molecule has 0 unspecified atom stereocenters. The minimum absolute atomic E-state index is 0.142. The van der Waals surface area contributed by atoms with E-state index in [1.54, 1.807) is 17.8 Å². The first-order valence-corrected chi connectivity index (χ1v) is 9.21. The lowest BCUT2D eigenvalue weighted by Crippen LogP contribution is -2.49. The number of aromatic nitrogens is 4. The van der Waals surface area contributed by atoms with Crippen LogP contribution in [0.5, 0.6) is 0 Å². The SMILES string of the molecule is CCC(CC)(CC(=O)O)NC(=O)c1nnn(-c2ccc3ncccc3c2)c1C. The van der Waals surface area contributed by atoms with Crippen LogP contribution < -0.4 is 5.32 Å². The van der Waals surface area contributed by atoms with E-state index in [0.29, 0.717) is 18.5 Å². The lowest BCUT2D eigenvalue weighted by atomic mass is 9.88. The van der Waals surface area contributed by atoms with Crippen LogP contribution in [0.1, 0.15) is 49.3 Å². The van der Waals surface area contributed by atoms with Crippen LogP contribution in [0, 0.1) is 6.92 Å². The Balaban J connectivity index is 1.91. The Labute approximate surface area is 162 Å². The number of carboxylic acid groups (broad SMARTS) is 1. The fourth-order valence-corrected chi connectivity index (χ4v) is 3.29. The van der Waals surface area contributed by atoms with Gasteiger partial charge in [0.2, 0.25) is 0 Å². The molecule has 2 aromatic heterocycles. The molecule has 3 aromatic rings. The predicted molar refractivity (Wildman–Crippen MR) is 104 cm³/mol. The van der Waals surface area contributed by atoms with Gasteiger partial charge in [-0.15, -0.1) is 5.10 Å². The highest BCUT2D eigenvalue weighted by Gasteiger charge is 2.32. The zero-order valence-electron chi connectivity index (χ0n) is 16.1. The van der Waals surface area contributed by atoms with E-state index in [0.717, 1.165) is 16.6 Å². The van der Waals surface area contributed by atoms with Crippen molar-refractivity contribution in [3.05, 3.63) is 47.9 Å². The van der Waals surface area contributed by atoms with Gasteiger partial charge >= 0.3 is 5.97 Å². The summed E-state index contributed by atoms with van der Waals surface area (Å²) < 4.78 is 1.60. The number of rotatable bonds is 7. The largest absolute Gasteiger partial charge is 0.481 e. The van der Waals surface area contributed by atoms with Gasteiger partial charge in [0.25, 0.3) is 5.91 Å². The molecule has 0 aliphatic heterocycles. The van der Waals surface area contributed by atoms with E-state index in [-0.39, 0.29) is 12.1 Å². The van der Waals surface area contributed by atoms with Gasteiger partial charge in [-0.3, -0.25) is 14.6 Å². The van der Waals surface area contributed by atoms with Gasteiger partial charge in [0.05, 0.1) is 28.9 Å². The van der Waals surface area contributed by atoms with Gasteiger partial charge in [0.1, 0.15) is 0 Å². The normalized spacial score (nSPS) is 11.5. The third-order valence-electron chi connectivity index (χ3n) is 5.16. The van der Waals surface area contributed by atoms with Gasteiger partial charge in [-0.1, -0.05) is 25.1 Å². The molecule has 0 bridgehead atoms. The van der Waals surface area contributed by atoms with E-state index in [2.05, 4.69) is 20.6 Å². The lowest BCUT2D eigenvalue weighted by Gasteiger charge is -2.31. The van der Waals surface area contributed by atoms with E-state index in [9.17, 15) is 14.7 Å². The van der Waals surface area contributed by atoms with E-state index in [4.69, 9.17) is 0 Å². The van der Waals surface area contributed by atoms with Crippen molar-refractivity contribution in [1.29, 1.82) is 0 Å². The van der Waals surface area contributed by atoms with Crippen LogP contribution in [-0.2, 0) is 4.79 Å². The molecule has 2 N–H and O–H groups in total. The van der Waals surface area contributed by atoms with Crippen LogP contribution in [0.15, 0.2) is 36.5 Å². The Hall–Kier alpha value is -3.29. The average Bonchev–Trinajstić information content (AvgIpc) is 3.08. The van der Waals surface area contributed by atoms with Crippen molar-refractivity contribution < 1.29 is 14.7 Å². The molecule has 3 rings (SSSR count). The third kappa shape index (κ3) is 3.71. The molecule has 8 heteroatoms. The molecule has 146 valence electrons. The maximum atomic E-state index is 12.8. The van der Waals surface area contributed by atoms with E-state index in [1.165, 1.54) is 0 Å². The molecule has 0 aliphatic carbocycles. The molecule has 0 spiro atoms. The maximum absolute atomic E-state index is 12.8. The van der Waals surface area contributed by atoms with Gasteiger partial charge in [0.15, 0.2) is 5.69 Å². The van der Waals surface area contributed by atoms with E-state index < -0.39 is 17.4 Å². The van der Waals surface area contributed by atoms with Gasteiger partial charge in [-0.25, -0.2) is 4.68 Å². The standard InChI is InChI=1S/C20H23N5O3/c1-4-20(5-2,12-17(26)27)22-19(28)18-13(3)25(24-23-18)15-8-9-16-14(11-15)7-6-10-21-16/h6-11H,4-5,12H2,1-3H3,(H,22,28)(H,26,27). The number of hydrogen-bond acceptors (Lipinski definition) is 5. The van der Waals surface area contributed by atoms with Gasteiger partial charge in [-0.05, 0) is 44.0 Å². The molecule has 0 saturated heterocycles. The van der Waals surface area contributed by atoms with Crippen LogP contribution in [0.25, 0.3) is 16.6 Å². The quantitative estimate of drug-likeness (QED) is 0.651. The van der Waals surface area contributed by atoms with Crippen molar-refractivity contribution in [3.8, 4) is 5.69 Å². The second kappa shape index (κ2) is 7.75. The fourth-order valence-electron chi connectivity index (χ4n) is 3.29. The number of benzene rings is 1. The molecule has 0 atom stereocenters. The number of fused-ring (bicyclic) bond motifs is 1. The topological polar surface area (TPSA) is 110 Å². The third-order valence-corrected chi connectivity index (χ3v) is 5.16. The van der Waals surface area contributed by atoms with Crippen LogP contribution in [0.4, 0.5) is 0 Å². The minimum atomic E-state index is -0.950. The number of carbonyl (C=O) groups is 2. The summed E-state index contributed by atoms with van der Waals surface area (Å²) in [5, 5.41) is 21.2. The second-order valence-electron chi connectivity index (χ2n) is 6.83. The summed E-state index contributed by atoms with van der Waals surface area (Å²) in [6.45, 7) is 5.48. The molecule has 0 aliphatic rings.